The molecule has 0 spiro atoms. The minimum absolute atomic E-state index is 0.0211. The lowest BCUT2D eigenvalue weighted by molar-refractivity contribution is -0.129. The highest BCUT2D eigenvalue weighted by molar-refractivity contribution is 5.83. The van der Waals surface area contributed by atoms with Crippen molar-refractivity contribution in [2.24, 2.45) is 0 Å². The van der Waals surface area contributed by atoms with Crippen LogP contribution in [0.5, 0.6) is 0 Å². The number of carbonyl (C=O) groups is 1. The van der Waals surface area contributed by atoms with Gasteiger partial charge >= 0.3 is 0 Å². The number of hydrogen-bond acceptors (Lipinski definition) is 4. The molecule has 1 atom stereocenters. The van der Waals surface area contributed by atoms with Crippen LogP contribution in [0.4, 0.5) is 6.01 Å². The van der Waals surface area contributed by atoms with Gasteiger partial charge in [-0.3, -0.25) is 4.79 Å². The molecule has 2 aromatic rings. The molecule has 0 saturated heterocycles. The van der Waals surface area contributed by atoms with E-state index in [1.165, 1.54) is 4.90 Å². The number of para-hydroxylation sites is 2. The number of aromatic nitrogens is 1. The Bertz CT molecular complexity index is 500. The molecule has 1 aromatic heterocycles. The van der Waals surface area contributed by atoms with Gasteiger partial charge < -0.3 is 14.6 Å². The molecule has 0 bridgehead atoms. The molecular formula is C12H15N3O2. The van der Waals surface area contributed by atoms with Gasteiger partial charge in [0.2, 0.25) is 5.91 Å². The second-order valence-corrected chi connectivity index (χ2v) is 4.09. The molecule has 0 fully saturated rings. The van der Waals surface area contributed by atoms with E-state index < -0.39 is 0 Å². The van der Waals surface area contributed by atoms with E-state index in [9.17, 15) is 4.79 Å². The molecule has 0 aliphatic heterocycles. The van der Waals surface area contributed by atoms with Crippen LogP contribution in [0.25, 0.3) is 11.1 Å². The maximum absolute atomic E-state index is 11.7. The Kier molecular flexibility index (Phi) is 2.99. The van der Waals surface area contributed by atoms with E-state index in [4.69, 9.17) is 4.42 Å². The molecular weight excluding hydrogens is 218 g/mol. The van der Waals surface area contributed by atoms with Gasteiger partial charge in [-0.2, -0.15) is 4.98 Å². The SMILES string of the molecule is CC(Nc1nc2ccccc2o1)C(=O)N(C)C. The first-order chi connectivity index (χ1) is 8.08. The van der Waals surface area contributed by atoms with E-state index in [0.717, 1.165) is 5.52 Å². The van der Waals surface area contributed by atoms with Crippen LogP contribution in [0.3, 0.4) is 0 Å². The van der Waals surface area contributed by atoms with Crippen molar-refractivity contribution < 1.29 is 9.21 Å². The minimum atomic E-state index is -0.363. The highest BCUT2D eigenvalue weighted by Crippen LogP contribution is 2.18. The van der Waals surface area contributed by atoms with Gasteiger partial charge in [-0.15, -0.1) is 0 Å². The minimum Gasteiger partial charge on any atom is -0.424 e. The fourth-order valence-electron chi connectivity index (χ4n) is 1.57. The molecule has 5 nitrogen and oxygen atoms in total. The van der Waals surface area contributed by atoms with Crippen molar-refractivity contribution in [1.82, 2.24) is 9.88 Å². The molecule has 0 radical (unpaired) electrons. The van der Waals surface area contributed by atoms with E-state index >= 15 is 0 Å². The van der Waals surface area contributed by atoms with Crippen LogP contribution < -0.4 is 5.32 Å². The Hall–Kier alpha value is -2.04. The van der Waals surface area contributed by atoms with Gasteiger partial charge in [0.15, 0.2) is 5.58 Å². The van der Waals surface area contributed by atoms with Crippen LogP contribution in [0.15, 0.2) is 28.7 Å². The van der Waals surface area contributed by atoms with Gasteiger partial charge in [0, 0.05) is 14.1 Å². The summed E-state index contributed by atoms with van der Waals surface area (Å²) in [7, 11) is 3.43. The largest absolute Gasteiger partial charge is 0.424 e. The van der Waals surface area contributed by atoms with Gasteiger partial charge in [0.05, 0.1) is 0 Å². The average molecular weight is 233 g/mol. The number of oxazole rings is 1. The van der Waals surface area contributed by atoms with Crippen molar-refractivity contribution in [3.8, 4) is 0 Å². The number of nitrogens with zero attached hydrogens (tertiary/aromatic N) is 2. The van der Waals surface area contributed by atoms with Gasteiger partial charge in [-0.25, -0.2) is 0 Å². The summed E-state index contributed by atoms with van der Waals surface area (Å²) in [4.78, 5) is 17.4. The molecule has 1 unspecified atom stereocenters. The van der Waals surface area contributed by atoms with Crippen molar-refractivity contribution in [2.75, 3.05) is 19.4 Å². The lowest BCUT2D eigenvalue weighted by atomic mass is 10.3. The third kappa shape index (κ3) is 2.38. The lowest BCUT2D eigenvalue weighted by Gasteiger charge is -2.16. The van der Waals surface area contributed by atoms with Crippen LogP contribution in [0.2, 0.25) is 0 Å². The van der Waals surface area contributed by atoms with Crippen LogP contribution >= 0.6 is 0 Å². The Morgan fingerprint density at radius 3 is 2.76 bits per heavy atom. The first-order valence-electron chi connectivity index (χ1n) is 5.41. The molecule has 0 aliphatic carbocycles. The summed E-state index contributed by atoms with van der Waals surface area (Å²) in [6.45, 7) is 1.78. The topological polar surface area (TPSA) is 58.4 Å². The number of nitrogens with one attached hydrogen (secondary N) is 1. The molecule has 1 heterocycles. The Balaban J connectivity index is 2.16. The maximum atomic E-state index is 11.7. The first kappa shape index (κ1) is 11.4. The van der Waals surface area contributed by atoms with Crippen molar-refractivity contribution >= 4 is 23.0 Å². The normalized spacial score (nSPS) is 12.4. The zero-order chi connectivity index (χ0) is 12.4. The highest BCUT2D eigenvalue weighted by Gasteiger charge is 2.16. The van der Waals surface area contributed by atoms with Crippen molar-refractivity contribution in [2.45, 2.75) is 13.0 Å². The van der Waals surface area contributed by atoms with Crippen LogP contribution in [-0.2, 0) is 4.79 Å². The highest BCUT2D eigenvalue weighted by atomic mass is 16.4. The second kappa shape index (κ2) is 4.45. The third-order valence-corrected chi connectivity index (χ3v) is 2.45. The molecule has 1 aromatic carbocycles. The lowest BCUT2D eigenvalue weighted by Crippen LogP contribution is -2.36. The van der Waals surface area contributed by atoms with E-state index in [1.54, 1.807) is 21.0 Å². The summed E-state index contributed by atoms with van der Waals surface area (Å²) in [6, 6.07) is 7.48. The van der Waals surface area contributed by atoms with E-state index in [1.807, 2.05) is 24.3 Å². The van der Waals surface area contributed by atoms with Crippen molar-refractivity contribution in [1.29, 1.82) is 0 Å². The summed E-state index contributed by atoms with van der Waals surface area (Å²) in [5.74, 6) is -0.0211. The number of fused-ring (bicyclic) bond motifs is 1. The molecule has 90 valence electrons. The molecule has 1 N–H and O–H groups in total. The molecule has 2 rings (SSSR count). The Morgan fingerprint density at radius 2 is 2.12 bits per heavy atom. The monoisotopic (exact) mass is 233 g/mol. The summed E-state index contributed by atoms with van der Waals surface area (Å²) in [6.07, 6.45) is 0. The number of benzene rings is 1. The number of likely N-dealkylation sites (N-methyl/N-ethyl adjacent to an activating group) is 1. The molecule has 0 saturated carbocycles. The number of hydrogen-bond donors (Lipinski definition) is 1. The third-order valence-electron chi connectivity index (χ3n) is 2.45. The number of rotatable bonds is 3. The number of amides is 1. The standard InChI is InChI=1S/C12H15N3O2/c1-8(11(16)15(2)3)13-12-14-9-6-4-5-7-10(9)17-12/h4-8H,1-3H3,(H,13,14). The second-order valence-electron chi connectivity index (χ2n) is 4.09. The zero-order valence-electron chi connectivity index (χ0n) is 10.1. The van der Waals surface area contributed by atoms with Gasteiger partial charge in [0.1, 0.15) is 11.6 Å². The number of carbonyl (C=O) groups excluding carboxylic acids is 1. The Morgan fingerprint density at radius 1 is 1.41 bits per heavy atom. The quantitative estimate of drug-likeness (QED) is 0.876. The average Bonchev–Trinajstić information content (AvgIpc) is 2.69. The molecule has 1 amide bonds. The summed E-state index contributed by atoms with van der Waals surface area (Å²) >= 11 is 0. The molecule has 0 aliphatic rings. The van der Waals surface area contributed by atoms with Crippen LogP contribution in [0, 0.1) is 0 Å². The summed E-state index contributed by atoms with van der Waals surface area (Å²) < 4.78 is 5.48. The number of anilines is 1. The summed E-state index contributed by atoms with van der Waals surface area (Å²) in [5.41, 5.74) is 1.49. The Labute approximate surface area is 99.4 Å². The zero-order valence-corrected chi connectivity index (χ0v) is 10.1. The fourth-order valence-corrected chi connectivity index (χ4v) is 1.57. The predicted octanol–water partition coefficient (Wildman–Crippen LogP) is 1.72. The van der Waals surface area contributed by atoms with E-state index in [-0.39, 0.29) is 11.9 Å². The van der Waals surface area contributed by atoms with Gasteiger partial charge in [-0.05, 0) is 19.1 Å². The van der Waals surface area contributed by atoms with Gasteiger partial charge in [-0.1, -0.05) is 12.1 Å². The first-order valence-corrected chi connectivity index (χ1v) is 5.41. The molecule has 5 heteroatoms. The predicted molar refractivity (Wildman–Crippen MR) is 65.8 cm³/mol. The maximum Gasteiger partial charge on any atom is 0.296 e. The van der Waals surface area contributed by atoms with Crippen LogP contribution in [-0.4, -0.2) is 35.9 Å². The fraction of sp³-hybridized carbons (Fsp3) is 0.333. The van der Waals surface area contributed by atoms with Crippen molar-refractivity contribution in [3.63, 3.8) is 0 Å². The van der Waals surface area contributed by atoms with Crippen LogP contribution in [0.1, 0.15) is 6.92 Å². The van der Waals surface area contributed by atoms with E-state index in [2.05, 4.69) is 10.3 Å². The molecule has 17 heavy (non-hydrogen) atoms. The van der Waals surface area contributed by atoms with E-state index in [0.29, 0.717) is 11.6 Å². The van der Waals surface area contributed by atoms with Gasteiger partial charge in [0.25, 0.3) is 6.01 Å². The smallest absolute Gasteiger partial charge is 0.296 e. The van der Waals surface area contributed by atoms with Crippen molar-refractivity contribution in [3.05, 3.63) is 24.3 Å². The summed E-state index contributed by atoms with van der Waals surface area (Å²) in [5, 5.41) is 2.94.